The Bertz CT molecular complexity index is 728. The van der Waals surface area contributed by atoms with Crippen molar-refractivity contribution in [2.75, 3.05) is 85.2 Å². The van der Waals surface area contributed by atoms with E-state index in [2.05, 4.69) is 0 Å². The molecule has 16 nitrogen and oxygen atoms in total. The van der Waals surface area contributed by atoms with E-state index in [0.29, 0.717) is 0 Å². The van der Waals surface area contributed by atoms with E-state index < -0.39 is 55.0 Å². The summed E-state index contributed by atoms with van der Waals surface area (Å²) in [5.41, 5.74) is 0. The lowest BCUT2D eigenvalue weighted by Crippen LogP contribution is -2.58. The van der Waals surface area contributed by atoms with Gasteiger partial charge in [0.05, 0.1) is 39.0 Å². The number of hydrogen-bond acceptors (Lipinski definition) is 13. The van der Waals surface area contributed by atoms with E-state index in [1.807, 2.05) is 0 Å². The number of carbonyl (C=O) groups is 3. The first-order chi connectivity index (χ1) is 18.0. The molecule has 5 atom stereocenters. The number of ether oxygens (including phenoxy) is 1. The van der Waals surface area contributed by atoms with E-state index in [1.54, 1.807) is 19.8 Å². The van der Waals surface area contributed by atoms with Crippen molar-refractivity contribution in [3.05, 3.63) is 0 Å². The smallest absolute Gasteiger partial charge is 0.317 e. The van der Waals surface area contributed by atoms with Gasteiger partial charge in [0, 0.05) is 58.8 Å². The van der Waals surface area contributed by atoms with E-state index in [0.717, 1.165) is 0 Å². The Hall–Kier alpha value is -1.99. The van der Waals surface area contributed by atoms with Gasteiger partial charge in [-0.05, 0) is 0 Å². The highest BCUT2D eigenvalue weighted by atomic mass is 16.7. The van der Waals surface area contributed by atoms with Crippen molar-refractivity contribution in [2.45, 2.75) is 36.9 Å². The van der Waals surface area contributed by atoms with Crippen LogP contribution in [0.5, 0.6) is 0 Å². The Morgan fingerprint density at radius 3 is 1.45 bits per heavy atom. The Morgan fingerprint density at radius 1 is 0.658 bits per heavy atom. The molecule has 2 rings (SSSR count). The molecule has 2 saturated heterocycles. The van der Waals surface area contributed by atoms with Crippen molar-refractivity contribution >= 4 is 17.9 Å². The van der Waals surface area contributed by atoms with E-state index in [9.17, 15) is 50.1 Å². The van der Waals surface area contributed by atoms with Crippen LogP contribution in [-0.4, -0.2) is 189 Å². The van der Waals surface area contributed by atoms with E-state index >= 15 is 0 Å². The maximum atomic E-state index is 11.4. The summed E-state index contributed by atoms with van der Waals surface area (Å²) < 4.78 is 5.49. The standard InChI is InChI=1S/C22H40N4O12/c27-14-16-21(35)22(36)20(34)15(38-16)1-10-37-26-8-6-24(12-18(30)31)4-2-23(11-17(28)29)3-5-25(7-9-26)13-19(32)33/h15-16,20-22,27,34-36H,1-14H2,(H,28,29)(H,30,31)(H,32,33)/t15-,16+,20-,21-,22+/m1/s1. The average Bonchev–Trinajstić information content (AvgIpc) is 2.84. The fraction of sp³-hybridized carbons (Fsp3) is 0.864. The zero-order chi connectivity index (χ0) is 28.2. The summed E-state index contributed by atoms with van der Waals surface area (Å²) >= 11 is 0. The van der Waals surface area contributed by atoms with Crippen LogP contribution in [0.4, 0.5) is 0 Å². The second kappa shape index (κ2) is 16.2. The largest absolute Gasteiger partial charge is 0.480 e. The number of carboxylic acid groups (broad SMARTS) is 3. The molecule has 0 unspecified atom stereocenters. The van der Waals surface area contributed by atoms with Gasteiger partial charge in [0.2, 0.25) is 0 Å². The number of hydroxylamine groups is 2. The van der Waals surface area contributed by atoms with Gasteiger partial charge in [-0.1, -0.05) is 0 Å². The summed E-state index contributed by atoms with van der Waals surface area (Å²) in [4.78, 5) is 44.8. The van der Waals surface area contributed by atoms with Crippen LogP contribution in [0.2, 0.25) is 0 Å². The lowest BCUT2D eigenvalue weighted by molar-refractivity contribution is -0.239. The summed E-state index contributed by atoms with van der Waals surface area (Å²) in [7, 11) is 0. The lowest BCUT2D eigenvalue weighted by atomic mass is 9.94. The molecule has 2 aliphatic heterocycles. The number of hydrogen-bond donors (Lipinski definition) is 7. The molecule has 0 spiro atoms. The van der Waals surface area contributed by atoms with Crippen LogP contribution in [0.1, 0.15) is 6.42 Å². The zero-order valence-corrected chi connectivity index (χ0v) is 21.2. The van der Waals surface area contributed by atoms with E-state index in [4.69, 9.17) is 9.57 Å². The molecular weight excluding hydrogens is 512 g/mol. The molecule has 0 aromatic rings. The van der Waals surface area contributed by atoms with Crippen molar-refractivity contribution in [3.63, 3.8) is 0 Å². The summed E-state index contributed by atoms with van der Waals surface area (Å²) in [5, 5.41) is 68.9. The first kappa shape index (κ1) is 32.2. The van der Waals surface area contributed by atoms with Crippen LogP contribution in [0.25, 0.3) is 0 Å². The molecule has 0 aliphatic carbocycles. The van der Waals surface area contributed by atoms with Crippen molar-refractivity contribution in [1.82, 2.24) is 19.8 Å². The van der Waals surface area contributed by atoms with Gasteiger partial charge in [-0.2, -0.15) is 5.06 Å². The zero-order valence-electron chi connectivity index (χ0n) is 21.2. The van der Waals surface area contributed by atoms with Gasteiger partial charge in [-0.3, -0.25) is 33.9 Å². The molecule has 2 heterocycles. The van der Waals surface area contributed by atoms with Crippen molar-refractivity contribution in [1.29, 1.82) is 0 Å². The summed E-state index contributed by atoms with van der Waals surface area (Å²) in [5.74, 6) is -3.11. The van der Waals surface area contributed by atoms with E-state index in [1.165, 1.54) is 0 Å². The number of carboxylic acids is 3. The molecular formula is C22H40N4O12. The molecule has 0 aromatic heterocycles. The lowest BCUT2D eigenvalue weighted by Gasteiger charge is -2.40. The van der Waals surface area contributed by atoms with Crippen molar-refractivity contribution in [2.24, 2.45) is 0 Å². The Labute approximate surface area is 220 Å². The fourth-order valence-corrected chi connectivity index (χ4v) is 4.41. The predicted octanol–water partition coefficient (Wildman–Crippen LogP) is -4.37. The minimum absolute atomic E-state index is 0.0208. The SMILES string of the molecule is O=C(O)CN1CCN(CC(=O)O)CCN(OCC[C@H]2O[C@@H](CO)[C@@H](O)[C@@H](O)[C@@H]2O)CCN(CC(=O)O)CC1. The third-order valence-electron chi connectivity index (χ3n) is 6.54. The van der Waals surface area contributed by atoms with Crippen molar-refractivity contribution < 1.29 is 59.7 Å². The first-order valence-electron chi connectivity index (χ1n) is 12.5. The number of aliphatic carboxylic acids is 3. The average molecular weight is 553 g/mol. The molecule has 2 aliphatic rings. The summed E-state index contributed by atoms with van der Waals surface area (Å²) in [6.07, 6.45) is -6.19. The molecule has 38 heavy (non-hydrogen) atoms. The van der Waals surface area contributed by atoms with Gasteiger partial charge >= 0.3 is 17.9 Å². The Kier molecular flexibility index (Phi) is 13.7. The summed E-state index contributed by atoms with van der Waals surface area (Å²) in [6, 6.07) is 0. The van der Waals surface area contributed by atoms with Gasteiger partial charge in [0.25, 0.3) is 0 Å². The summed E-state index contributed by atoms with van der Waals surface area (Å²) in [6.45, 7) is 0.849. The maximum absolute atomic E-state index is 11.4. The van der Waals surface area contributed by atoms with Crippen LogP contribution in [0, 0.1) is 0 Å². The van der Waals surface area contributed by atoms with Crippen LogP contribution < -0.4 is 0 Å². The van der Waals surface area contributed by atoms with Gasteiger partial charge in [-0.15, -0.1) is 0 Å². The van der Waals surface area contributed by atoms with Gasteiger partial charge in [0.15, 0.2) is 0 Å². The van der Waals surface area contributed by atoms with Crippen LogP contribution in [0.15, 0.2) is 0 Å². The third-order valence-corrected chi connectivity index (χ3v) is 6.54. The molecule has 7 N–H and O–H groups in total. The van der Waals surface area contributed by atoms with Crippen LogP contribution in [-0.2, 0) is 24.0 Å². The van der Waals surface area contributed by atoms with Gasteiger partial charge < -0.3 is 40.5 Å². The first-order valence-corrected chi connectivity index (χ1v) is 12.5. The highest BCUT2D eigenvalue weighted by Gasteiger charge is 2.43. The van der Waals surface area contributed by atoms with Crippen LogP contribution >= 0.6 is 0 Å². The molecule has 16 heteroatoms. The number of aliphatic hydroxyl groups is 4. The molecule has 2 fully saturated rings. The highest BCUT2D eigenvalue weighted by molar-refractivity contribution is 5.69. The quantitative estimate of drug-likeness (QED) is 0.128. The normalized spacial score (nSPS) is 29.8. The molecule has 0 amide bonds. The molecule has 0 saturated carbocycles. The number of rotatable bonds is 11. The van der Waals surface area contributed by atoms with Crippen LogP contribution in [0.3, 0.4) is 0 Å². The number of nitrogens with zero attached hydrogens (tertiary/aromatic N) is 4. The minimum atomic E-state index is -1.50. The molecule has 220 valence electrons. The second-order valence-corrected chi connectivity index (χ2v) is 9.43. The minimum Gasteiger partial charge on any atom is -0.480 e. The molecule has 0 radical (unpaired) electrons. The molecule has 0 aromatic carbocycles. The second-order valence-electron chi connectivity index (χ2n) is 9.43. The predicted molar refractivity (Wildman–Crippen MR) is 128 cm³/mol. The van der Waals surface area contributed by atoms with E-state index in [-0.39, 0.29) is 85.0 Å². The fourth-order valence-electron chi connectivity index (χ4n) is 4.41. The van der Waals surface area contributed by atoms with Crippen molar-refractivity contribution in [3.8, 4) is 0 Å². The third kappa shape index (κ3) is 11.0. The topological polar surface area (TPSA) is 224 Å². The maximum Gasteiger partial charge on any atom is 0.317 e. The number of aliphatic hydroxyl groups excluding tert-OH is 4. The molecule has 0 bridgehead atoms. The monoisotopic (exact) mass is 552 g/mol. The highest BCUT2D eigenvalue weighted by Crippen LogP contribution is 2.23. The Balaban J connectivity index is 2.05. The Morgan fingerprint density at radius 2 is 1.05 bits per heavy atom. The van der Waals surface area contributed by atoms with Gasteiger partial charge in [-0.25, -0.2) is 0 Å². The van der Waals surface area contributed by atoms with Gasteiger partial charge in [0.1, 0.15) is 24.4 Å².